The van der Waals surface area contributed by atoms with Crippen molar-refractivity contribution >= 4 is 0 Å². The molecule has 2 aliphatic heterocycles. The highest BCUT2D eigenvalue weighted by molar-refractivity contribution is 5.41. The molecule has 2 aliphatic rings. The molecule has 0 radical (unpaired) electrons. The highest BCUT2D eigenvalue weighted by Crippen LogP contribution is 2.43. The van der Waals surface area contributed by atoms with Crippen molar-refractivity contribution in [3.05, 3.63) is 65.2 Å². The molecule has 1 unspecified atom stereocenters. The summed E-state index contributed by atoms with van der Waals surface area (Å²) < 4.78 is 5.86. The maximum absolute atomic E-state index is 5.86. The molecule has 1 fully saturated rings. The van der Waals surface area contributed by atoms with Crippen LogP contribution in [0.1, 0.15) is 29.0 Å². The van der Waals surface area contributed by atoms with E-state index in [2.05, 4.69) is 60.8 Å². The second kappa shape index (κ2) is 4.88. The Balaban J connectivity index is 1.64. The number of aryl methyl sites for hydroxylation is 1. The van der Waals surface area contributed by atoms with Gasteiger partial charge in [-0.05, 0) is 25.0 Å². The van der Waals surface area contributed by atoms with Gasteiger partial charge in [-0.15, -0.1) is 0 Å². The number of hydrogen-bond acceptors (Lipinski definition) is 2. The smallest absolute Gasteiger partial charge is 0.122 e. The van der Waals surface area contributed by atoms with Crippen LogP contribution in [0.2, 0.25) is 0 Å². The van der Waals surface area contributed by atoms with Gasteiger partial charge in [-0.25, -0.2) is 0 Å². The third-order valence-electron chi connectivity index (χ3n) is 4.99. The molecule has 0 amide bonds. The molecule has 0 saturated carbocycles. The molecule has 1 N–H and O–H groups in total. The van der Waals surface area contributed by atoms with E-state index in [1.54, 1.807) is 0 Å². The standard InChI is InChI=1S/C19H21NO/c1-14-5-4-6-16(9-14)19(12-20-13-19)10-15-11-21-18-8-3-2-7-17(15)18/h2-9,15,20H,10-13H2,1H3. The highest BCUT2D eigenvalue weighted by Gasteiger charge is 2.42. The topological polar surface area (TPSA) is 21.3 Å². The highest BCUT2D eigenvalue weighted by atomic mass is 16.5. The SMILES string of the molecule is Cc1cccc(C2(CC3COc4ccccc43)CNC2)c1. The number of fused-ring (bicyclic) bond motifs is 1. The summed E-state index contributed by atoms with van der Waals surface area (Å²) >= 11 is 0. The van der Waals surface area contributed by atoms with Gasteiger partial charge in [0.05, 0.1) is 6.61 Å². The van der Waals surface area contributed by atoms with Crippen molar-refractivity contribution in [2.45, 2.75) is 24.7 Å². The van der Waals surface area contributed by atoms with Crippen molar-refractivity contribution in [2.24, 2.45) is 0 Å². The quantitative estimate of drug-likeness (QED) is 0.929. The Morgan fingerprint density at radius 3 is 2.76 bits per heavy atom. The molecule has 0 aromatic heterocycles. The van der Waals surface area contributed by atoms with Crippen molar-refractivity contribution in [3.8, 4) is 5.75 Å². The lowest BCUT2D eigenvalue weighted by Gasteiger charge is -2.45. The summed E-state index contributed by atoms with van der Waals surface area (Å²) in [5.74, 6) is 1.60. The zero-order valence-electron chi connectivity index (χ0n) is 12.4. The van der Waals surface area contributed by atoms with Gasteiger partial charge in [-0.1, -0.05) is 48.0 Å². The minimum absolute atomic E-state index is 0.275. The fraction of sp³-hybridized carbons (Fsp3) is 0.368. The largest absolute Gasteiger partial charge is 0.493 e. The fourth-order valence-corrected chi connectivity index (χ4v) is 3.74. The predicted octanol–water partition coefficient (Wildman–Crippen LogP) is 3.40. The third-order valence-corrected chi connectivity index (χ3v) is 4.99. The minimum atomic E-state index is 0.275. The Kier molecular flexibility index (Phi) is 3.00. The lowest BCUT2D eigenvalue weighted by atomic mass is 9.68. The minimum Gasteiger partial charge on any atom is -0.493 e. The summed E-state index contributed by atoms with van der Waals surface area (Å²) in [5.41, 5.74) is 4.49. The summed E-state index contributed by atoms with van der Waals surface area (Å²) in [7, 11) is 0. The van der Waals surface area contributed by atoms with Crippen LogP contribution < -0.4 is 10.1 Å². The lowest BCUT2D eigenvalue weighted by molar-refractivity contribution is 0.221. The van der Waals surface area contributed by atoms with Gasteiger partial charge < -0.3 is 10.1 Å². The van der Waals surface area contributed by atoms with E-state index >= 15 is 0 Å². The molecule has 2 aromatic carbocycles. The normalized spacial score (nSPS) is 22.2. The number of benzene rings is 2. The molecule has 0 aliphatic carbocycles. The number of para-hydroxylation sites is 1. The first kappa shape index (κ1) is 12.9. The summed E-state index contributed by atoms with van der Waals surface area (Å²) in [6, 6.07) is 17.5. The van der Waals surface area contributed by atoms with E-state index in [1.807, 2.05) is 0 Å². The predicted molar refractivity (Wildman–Crippen MR) is 85.0 cm³/mol. The number of ether oxygens (including phenoxy) is 1. The van der Waals surface area contributed by atoms with Crippen LogP contribution in [0.25, 0.3) is 0 Å². The van der Waals surface area contributed by atoms with Gasteiger partial charge in [0.15, 0.2) is 0 Å². The molecule has 0 bridgehead atoms. The number of hydrogen-bond donors (Lipinski definition) is 1. The summed E-state index contributed by atoms with van der Waals surface area (Å²) in [5, 5.41) is 3.48. The summed E-state index contributed by atoms with van der Waals surface area (Å²) in [6.45, 7) is 5.16. The van der Waals surface area contributed by atoms with Crippen molar-refractivity contribution < 1.29 is 4.74 Å². The Labute approximate surface area is 126 Å². The zero-order valence-corrected chi connectivity index (χ0v) is 12.4. The van der Waals surface area contributed by atoms with E-state index in [-0.39, 0.29) is 5.41 Å². The van der Waals surface area contributed by atoms with Crippen LogP contribution >= 0.6 is 0 Å². The Bertz CT molecular complexity index is 660. The lowest BCUT2D eigenvalue weighted by Crippen LogP contribution is -2.57. The van der Waals surface area contributed by atoms with E-state index in [0.717, 1.165) is 25.4 Å². The average molecular weight is 279 g/mol. The summed E-state index contributed by atoms with van der Waals surface area (Å²) in [4.78, 5) is 0. The molecule has 21 heavy (non-hydrogen) atoms. The van der Waals surface area contributed by atoms with Crippen LogP contribution in [0.5, 0.6) is 5.75 Å². The molecule has 4 rings (SSSR count). The second-order valence-electron chi connectivity index (χ2n) is 6.50. The van der Waals surface area contributed by atoms with Gasteiger partial charge >= 0.3 is 0 Å². The molecule has 108 valence electrons. The molecular weight excluding hydrogens is 258 g/mol. The van der Waals surface area contributed by atoms with Gasteiger partial charge in [0.1, 0.15) is 5.75 Å². The molecular formula is C19H21NO. The summed E-state index contributed by atoms with van der Waals surface area (Å²) in [6.07, 6.45) is 1.17. The van der Waals surface area contributed by atoms with Gasteiger partial charge in [0, 0.05) is 30.0 Å². The van der Waals surface area contributed by atoms with Crippen LogP contribution in [0, 0.1) is 6.92 Å². The van der Waals surface area contributed by atoms with Crippen LogP contribution in [0.15, 0.2) is 48.5 Å². The van der Waals surface area contributed by atoms with Crippen molar-refractivity contribution in [1.29, 1.82) is 0 Å². The van der Waals surface area contributed by atoms with E-state index in [1.165, 1.54) is 23.1 Å². The van der Waals surface area contributed by atoms with Gasteiger partial charge in [-0.2, -0.15) is 0 Å². The zero-order chi connectivity index (χ0) is 14.3. The maximum atomic E-state index is 5.86. The molecule has 0 spiro atoms. The third kappa shape index (κ3) is 2.14. The average Bonchev–Trinajstić information content (AvgIpc) is 2.86. The first-order valence-electron chi connectivity index (χ1n) is 7.76. The van der Waals surface area contributed by atoms with Crippen LogP contribution in [-0.2, 0) is 5.41 Å². The Morgan fingerprint density at radius 1 is 1.14 bits per heavy atom. The Morgan fingerprint density at radius 2 is 2.00 bits per heavy atom. The Hall–Kier alpha value is -1.80. The van der Waals surface area contributed by atoms with Crippen molar-refractivity contribution in [3.63, 3.8) is 0 Å². The number of nitrogens with one attached hydrogen (secondary N) is 1. The molecule has 2 nitrogen and oxygen atoms in total. The first-order chi connectivity index (χ1) is 10.3. The maximum Gasteiger partial charge on any atom is 0.122 e. The van der Waals surface area contributed by atoms with E-state index in [9.17, 15) is 0 Å². The van der Waals surface area contributed by atoms with E-state index in [4.69, 9.17) is 4.74 Å². The molecule has 1 atom stereocenters. The van der Waals surface area contributed by atoms with Crippen LogP contribution in [-0.4, -0.2) is 19.7 Å². The van der Waals surface area contributed by atoms with Gasteiger partial charge in [0.25, 0.3) is 0 Å². The second-order valence-corrected chi connectivity index (χ2v) is 6.50. The first-order valence-corrected chi connectivity index (χ1v) is 7.76. The van der Waals surface area contributed by atoms with Crippen LogP contribution in [0.4, 0.5) is 0 Å². The van der Waals surface area contributed by atoms with Gasteiger partial charge in [0.2, 0.25) is 0 Å². The molecule has 2 heteroatoms. The van der Waals surface area contributed by atoms with Crippen molar-refractivity contribution in [1.82, 2.24) is 5.32 Å². The van der Waals surface area contributed by atoms with Gasteiger partial charge in [-0.3, -0.25) is 0 Å². The van der Waals surface area contributed by atoms with Crippen LogP contribution in [0.3, 0.4) is 0 Å². The van der Waals surface area contributed by atoms with Crippen molar-refractivity contribution in [2.75, 3.05) is 19.7 Å². The number of rotatable bonds is 3. The fourth-order valence-electron chi connectivity index (χ4n) is 3.74. The monoisotopic (exact) mass is 279 g/mol. The van der Waals surface area contributed by atoms with E-state index in [0.29, 0.717) is 5.92 Å². The molecule has 1 saturated heterocycles. The molecule has 2 aromatic rings. The molecule has 2 heterocycles. The van der Waals surface area contributed by atoms with E-state index < -0.39 is 0 Å².